The van der Waals surface area contributed by atoms with E-state index in [1.807, 2.05) is 38.1 Å². The molecule has 4 heteroatoms. The number of aromatic nitrogens is 2. The molecule has 0 amide bonds. The molecule has 0 fully saturated rings. The fourth-order valence-corrected chi connectivity index (χ4v) is 3.69. The zero-order valence-corrected chi connectivity index (χ0v) is 15.5. The van der Waals surface area contributed by atoms with Gasteiger partial charge in [0.2, 0.25) is 5.82 Å². The molecule has 0 unspecified atom stereocenters. The Labute approximate surface area is 154 Å². The molecule has 0 N–H and O–H groups in total. The third kappa shape index (κ3) is 3.24. The predicted molar refractivity (Wildman–Crippen MR) is 102 cm³/mol. The van der Waals surface area contributed by atoms with E-state index in [-0.39, 0.29) is 6.10 Å². The summed E-state index contributed by atoms with van der Waals surface area (Å²) in [5.41, 5.74) is 4.80. The van der Waals surface area contributed by atoms with Gasteiger partial charge in [-0.25, -0.2) is 0 Å². The Bertz CT molecular complexity index is 897. The van der Waals surface area contributed by atoms with Gasteiger partial charge >= 0.3 is 0 Å². The number of rotatable bonds is 4. The molecule has 0 radical (unpaired) electrons. The van der Waals surface area contributed by atoms with Gasteiger partial charge in [0.25, 0.3) is 5.89 Å². The summed E-state index contributed by atoms with van der Waals surface area (Å²) in [6, 6.07) is 14.2. The minimum atomic E-state index is 0.155. The molecular weight excluding hydrogens is 324 g/mol. The smallest absolute Gasteiger partial charge is 0.258 e. The monoisotopic (exact) mass is 348 g/mol. The first-order valence-corrected chi connectivity index (χ1v) is 9.35. The number of ether oxygens (including phenoxy) is 1. The Morgan fingerprint density at radius 2 is 1.92 bits per heavy atom. The molecule has 4 nitrogen and oxygen atoms in total. The molecule has 0 aliphatic heterocycles. The van der Waals surface area contributed by atoms with Crippen molar-refractivity contribution in [3.05, 3.63) is 53.6 Å². The van der Waals surface area contributed by atoms with Crippen molar-refractivity contribution in [1.29, 1.82) is 0 Å². The first-order valence-electron chi connectivity index (χ1n) is 9.35. The summed E-state index contributed by atoms with van der Waals surface area (Å²) in [5, 5.41) is 4.25. The number of hydrogen-bond acceptors (Lipinski definition) is 4. The minimum absolute atomic E-state index is 0.155. The Balaban J connectivity index is 1.64. The molecule has 0 spiro atoms. The normalized spacial score (nSPS) is 16.5. The van der Waals surface area contributed by atoms with Gasteiger partial charge in [0.05, 0.1) is 6.10 Å². The van der Waals surface area contributed by atoms with Crippen molar-refractivity contribution < 1.29 is 9.26 Å². The lowest BCUT2D eigenvalue weighted by molar-refractivity contribution is 0.242. The van der Waals surface area contributed by atoms with Crippen molar-refractivity contribution in [3.63, 3.8) is 0 Å². The molecule has 1 atom stereocenters. The van der Waals surface area contributed by atoms with Crippen LogP contribution in [0.5, 0.6) is 5.75 Å². The van der Waals surface area contributed by atoms with Crippen LogP contribution in [0.4, 0.5) is 0 Å². The van der Waals surface area contributed by atoms with Crippen LogP contribution in [0, 0.1) is 0 Å². The molecule has 3 aromatic rings. The first kappa shape index (κ1) is 16.8. The molecule has 26 heavy (non-hydrogen) atoms. The number of benzene rings is 2. The van der Waals surface area contributed by atoms with Crippen molar-refractivity contribution in [1.82, 2.24) is 10.1 Å². The van der Waals surface area contributed by atoms with Crippen LogP contribution in [0.15, 0.2) is 47.0 Å². The summed E-state index contributed by atoms with van der Waals surface area (Å²) < 4.78 is 11.2. The number of nitrogens with zero attached hydrogens (tertiary/aromatic N) is 2. The van der Waals surface area contributed by atoms with Gasteiger partial charge in [0.15, 0.2) is 0 Å². The summed E-state index contributed by atoms with van der Waals surface area (Å²) in [5.74, 6) is 2.65. The van der Waals surface area contributed by atoms with E-state index in [4.69, 9.17) is 9.26 Å². The lowest BCUT2D eigenvalue weighted by Gasteiger charge is -2.23. The highest BCUT2D eigenvalue weighted by molar-refractivity contribution is 5.65. The van der Waals surface area contributed by atoms with Gasteiger partial charge in [0.1, 0.15) is 5.75 Å². The topological polar surface area (TPSA) is 48.2 Å². The van der Waals surface area contributed by atoms with Crippen LogP contribution in [0.2, 0.25) is 0 Å². The lowest BCUT2D eigenvalue weighted by atomic mass is 9.81. The van der Waals surface area contributed by atoms with Crippen molar-refractivity contribution in [3.8, 4) is 28.6 Å². The van der Waals surface area contributed by atoms with Crippen molar-refractivity contribution in [2.24, 2.45) is 0 Å². The highest BCUT2D eigenvalue weighted by Crippen LogP contribution is 2.36. The maximum atomic E-state index is 5.69. The Hall–Kier alpha value is -2.62. The minimum Gasteiger partial charge on any atom is -0.491 e. The second-order valence-electron chi connectivity index (χ2n) is 7.28. The fourth-order valence-electron chi connectivity index (χ4n) is 3.69. The molecular formula is C22H24N2O2. The van der Waals surface area contributed by atoms with Crippen LogP contribution in [0.1, 0.15) is 50.7 Å². The second-order valence-corrected chi connectivity index (χ2v) is 7.28. The summed E-state index contributed by atoms with van der Waals surface area (Å²) in [6.07, 6.45) is 3.70. The van der Waals surface area contributed by atoms with Gasteiger partial charge in [-0.3, -0.25) is 0 Å². The number of hydrogen-bond donors (Lipinski definition) is 0. The zero-order chi connectivity index (χ0) is 18.1. The lowest BCUT2D eigenvalue weighted by Crippen LogP contribution is -2.08. The van der Waals surface area contributed by atoms with Crippen LogP contribution in [-0.4, -0.2) is 16.2 Å². The van der Waals surface area contributed by atoms with Gasteiger partial charge in [-0.15, -0.1) is 0 Å². The van der Waals surface area contributed by atoms with E-state index in [1.165, 1.54) is 24.0 Å². The quantitative estimate of drug-likeness (QED) is 0.613. The van der Waals surface area contributed by atoms with Crippen LogP contribution < -0.4 is 4.74 Å². The Morgan fingerprint density at radius 3 is 2.69 bits per heavy atom. The van der Waals surface area contributed by atoms with Crippen LogP contribution in [0.25, 0.3) is 22.8 Å². The molecule has 0 saturated heterocycles. The molecule has 1 aliphatic carbocycles. The van der Waals surface area contributed by atoms with Crippen LogP contribution in [0.3, 0.4) is 0 Å². The van der Waals surface area contributed by atoms with E-state index in [9.17, 15) is 0 Å². The van der Waals surface area contributed by atoms with E-state index in [1.54, 1.807) is 0 Å². The average molecular weight is 348 g/mol. The summed E-state index contributed by atoms with van der Waals surface area (Å²) in [4.78, 5) is 4.66. The standard InChI is InChI=1S/C22H24N2O2/c1-14(2)25-17-12-10-16(11-13-17)22-23-21(24-26-22)20-9-5-7-18-15(3)6-4-8-19(18)20/h5,7,9-15H,4,6,8H2,1-3H3/t15-/m0/s1. The van der Waals surface area contributed by atoms with Gasteiger partial charge in [-0.05, 0) is 74.4 Å². The van der Waals surface area contributed by atoms with Crippen molar-refractivity contribution in [2.45, 2.75) is 52.1 Å². The largest absolute Gasteiger partial charge is 0.491 e. The van der Waals surface area contributed by atoms with E-state index in [0.717, 1.165) is 23.3 Å². The number of fused-ring (bicyclic) bond motifs is 1. The summed E-state index contributed by atoms with van der Waals surface area (Å²) in [6.45, 7) is 6.32. The maximum absolute atomic E-state index is 5.69. The first-order chi connectivity index (χ1) is 12.6. The molecule has 1 aromatic heterocycles. The van der Waals surface area contributed by atoms with E-state index in [0.29, 0.717) is 17.6 Å². The van der Waals surface area contributed by atoms with Gasteiger partial charge < -0.3 is 9.26 Å². The van der Waals surface area contributed by atoms with Gasteiger partial charge in [-0.2, -0.15) is 4.98 Å². The van der Waals surface area contributed by atoms with E-state index in [2.05, 4.69) is 35.3 Å². The molecule has 134 valence electrons. The van der Waals surface area contributed by atoms with Crippen LogP contribution in [-0.2, 0) is 6.42 Å². The molecule has 0 bridgehead atoms. The second kappa shape index (κ2) is 6.94. The third-order valence-corrected chi connectivity index (χ3v) is 4.95. The maximum Gasteiger partial charge on any atom is 0.258 e. The average Bonchev–Trinajstić information content (AvgIpc) is 3.12. The molecule has 2 aromatic carbocycles. The Kier molecular flexibility index (Phi) is 4.49. The van der Waals surface area contributed by atoms with Gasteiger partial charge in [-0.1, -0.05) is 30.3 Å². The van der Waals surface area contributed by atoms with E-state index >= 15 is 0 Å². The van der Waals surface area contributed by atoms with Gasteiger partial charge in [0, 0.05) is 11.1 Å². The zero-order valence-electron chi connectivity index (χ0n) is 15.5. The Morgan fingerprint density at radius 1 is 1.12 bits per heavy atom. The summed E-state index contributed by atoms with van der Waals surface area (Å²) >= 11 is 0. The SMILES string of the molecule is CC(C)Oc1ccc(-c2nc(-c3cccc4c3CCC[C@@H]4C)no2)cc1. The molecule has 4 rings (SSSR count). The fraction of sp³-hybridized carbons (Fsp3) is 0.364. The van der Waals surface area contributed by atoms with Crippen molar-refractivity contribution in [2.75, 3.05) is 0 Å². The molecule has 0 saturated carbocycles. The van der Waals surface area contributed by atoms with Crippen LogP contribution >= 0.6 is 0 Å². The molecule has 1 aliphatic rings. The predicted octanol–water partition coefficient (Wildman–Crippen LogP) is 5.63. The van der Waals surface area contributed by atoms with E-state index < -0.39 is 0 Å². The third-order valence-electron chi connectivity index (χ3n) is 4.95. The summed E-state index contributed by atoms with van der Waals surface area (Å²) in [7, 11) is 0. The van der Waals surface area contributed by atoms with Crippen molar-refractivity contribution >= 4 is 0 Å². The highest BCUT2D eigenvalue weighted by atomic mass is 16.5. The highest BCUT2D eigenvalue weighted by Gasteiger charge is 2.21. The molecule has 1 heterocycles.